The third kappa shape index (κ3) is 3.76. The molecule has 27 heavy (non-hydrogen) atoms. The van der Waals surface area contributed by atoms with Crippen molar-refractivity contribution in [3.63, 3.8) is 0 Å². The van der Waals surface area contributed by atoms with Crippen molar-refractivity contribution in [2.45, 2.75) is 31.7 Å². The van der Waals surface area contributed by atoms with E-state index in [0.717, 1.165) is 31.5 Å². The van der Waals surface area contributed by atoms with Crippen LogP contribution in [-0.4, -0.2) is 41.7 Å². The lowest BCUT2D eigenvalue weighted by Crippen LogP contribution is -2.43. The molecule has 0 spiro atoms. The Hall–Kier alpha value is -2.21. The number of hydrogen-bond acceptors (Lipinski definition) is 4. The molecule has 0 saturated carbocycles. The largest absolute Gasteiger partial charge is 0.377 e. The van der Waals surface area contributed by atoms with E-state index >= 15 is 0 Å². The highest BCUT2D eigenvalue weighted by molar-refractivity contribution is 5.99. The highest BCUT2D eigenvalue weighted by atomic mass is 16.5. The van der Waals surface area contributed by atoms with Crippen molar-refractivity contribution in [3.05, 3.63) is 71.3 Å². The summed E-state index contributed by atoms with van der Waals surface area (Å²) < 4.78 is 5.78. The average molecular weight is 366 g/mol. The van der Waals surface area contributed by atoms with Gasteiger partial charge in [0.25, 0.3) is 5.91 Å². The quantitative estimate of drug-likeness (QED) is 0.740. The van der Waals surface area contributed by atoms with E-state index in [4.69, 9.17) is 4.74 Å². The van der Waals surface area contributed by atoms with E-state index in [1.165, 1.54) is 5.56 Å². The van der Waals surface area contributed by atoms with Gasteiger partial charge in [0.05, 0.1) is 12.6 Å². The van der Waals surface area contributed by atoms with Crippen LogP contribution in [0.2, 0.25) is 0 Å². The van der Waals surface area contributed by atoms with Gasteiger partial charge in [-0.15, -0.1) is 0 Å². The minimum atomic E-state index is -0.838. The van der Waals surface area contributed by atoms with Gasteiger partial charge in [0.1, 0.15) is 0 Å². The summed E-state index contributed by atoms with van der Waals surface area (Å²) in [5.41, 5.74) is 2.53. The Morgan fingerprint density at radius 2 is 1.85 bits per heavy atom. The summed E-state index contributed by atoms with van der Waals surface area (Å²) in [4.78, 5) is 14.5. The van der Waals surface area contributed by atoms with Crippen molar-refractivity contribution >= 4 is 5.91 Å². The number of amides is 1. The molecule has 3 atom stereocenters. The molecule has 2 aromatic rings. The number of fused-ring (bicyclic) bond motifs is 1. The molecule has 0 bridgehead atoms. The van der Waals surface area contributed by atoms with Crippen LogP contribution in [0, 0.1) is 5.92 Å². The molecule has 2 aliphatic rings. The predicted molar refractivity (Wildman–Crippen MR) is 103 cm³/mol. The van der Waals surface area contributed by atoms with Crippen LogP contribution in [0.1, 0.15) is 40.6 Å². The summed E-state index contributed by atoms with van der Waals surface area (Å²) in [7, 11) is 0. The molecule has 0 radical (unpaired) electrons. The van der Waals surface area contributed by atoms with Crippen LogP contribution in [0.3, 0.4) is 0 Å². The number of nitrogens with one attached hydrogen (secondary N) is 1. The van der Waals surface area contributed by atoms with Crippen LogP contribution < -0.4 is 5.32 Å². The van der Waals surface area contributed by atoms with E-state index in [1.807, 2.05) is 36.4 Å². The molecule has 1 unspecified atom stereocenters. The molecule has 4 rings (SSSR count). The van der Waals surface area contributed by atoms with Gasteiger partial charge in [-0.3, -0.25) is 4.79 Å². The second-order valence-corrected chi connectivity index (χ2v) is 7.34. The fraction of sp³-hybridized carbons (Fsp3) is 0.409. The Morgan fingerprint density at radius 3 is 2.67 bits per heavy atom. The maximum atomic E-state index is 12.8. The number of benzene rings is 2. The minimum absolute atomic E-state index is 0.0222. The first-order valence-electron chi connectivity index (χ1n) is 9.68. The van der Waals surface area contributed by atoms with Crippen molar-refractivity contribution in [1.29, 1.82) is 0 Å². The van der Waals surface area contributed by atoms with Crippen LogP contribution in [0.25, 0.3) is 0 Å². The van der Waals surface area contributed by atoms with Crippen molar-refractivity contribution in [3.8, 4) is 0 Å². The van der Waals surface area contributed by atoms with Gasteiger partial charge < -0.3 is 20.1 Å². The SMILES string of the molecule is O=C1c2ccccc2C(O)N1[C@@H]1CNC[C@H]1CCCOCc1ccccc1. The van der Waals surface area contributed by atoms with Gasteiger partial charge in [0.2, 0.25) is 0 Å². The summed E-state index contributed by atoms with van der Waals surface area (Å²) in [6, 6.07) is 17.5. The molecule has 1 saturated heterocycles. The van der Waals surface area contributed by atoms with Gasteiger partial charge in [-0.05, 0) is 30.4 Å². The number of rotatable bonds is 7. The van der Waals surface area contributed by atoms with Crippen molar-refractivity contribution in [1.82, 2.24) is 10.2 Å². The molecular formula is C22H26N2O3. The molecule has 2 aromatic carbocycles. The second-order valence-electron chi connectivity index (χ2n) is 7.34. The number of aliphatic hydroxyl groups is 1. The fourth-order valence-electron chi connectivity index (χ4n) is 4.20. The molecule has 2 aliphatic heterocycles. The average Bonchev–Trinajstić information content (AvgIpc) is 3.25. The van der Waals surface area contributed by atoms with Crippen molar-refractivity contribution < 1.29 is 14.6 Å². The van der Waals surface area contributed by atoms with Gasteiger partial charge in [0.15, 0.2) is 6.23 Å². The van der Waals surface area contributed by atoms with Crippen LogP contribution in [-0.2, 0) is 11.3 Å². The zero-order valence-electron chi connectivity index (χ0n) is 15.4. The van der Waals surface area contributed by atoms with Crippen molar-refractivity contribution in [2.75, 3.05) is 19.7 Å². The van der Waals surface area contributed by atoms with E-state index in [9.17, 15) is 9.90 Å². The molecule has 0 aromatic heterocycles. The molecule has 5 heteroatoms. The van der Waals surface area contributed by atoms with Gasteiger partial charge in [-0.25, -0.2) is 0 Å². The number of carbonyl (C=O) groups is 1. The summed E-state index contributed by atoms with van der Waals surface area (Å²) in [5, 5.41) is 14.1. The number of carbonyl (C=O) groups excluding carboxylic acids is 1. The molecular weight excluding hydrogens is 340 g/mol. The molecule has 5 nitrogen and oxygen atoms in total. The first kappa shape index (κ1) is 18.2. The Kier molecular flexibility index (Phi) is 5.53. The normalized spacial score (nSPS) is 24.4. The maximum Gasteiger partial charge on any atom is 0.256 e. The van der Waals surface area contributed by atoms with Gasteiger partial charge in [-0.1, -0.05) is 48.5 Å². The predicted octanol–water partition coefficient (Wildman–Crippen LogP) is 2.72. The van der Waals surface area contributed by atoms with Crippen LogP contribution in [0.15, 0.2) is 54.6 Å². The molecule has 2 heterocycles. The van der Waals surface area contributed by atoms with E-state index in [0.29, 0.717) is 24.7 Å². The lowest BCUT2D eigenvalue weighted by molar-refractivity contribution is -0.00933. The summed E-state index contributed by atoms with van der Waals surface area (Å²) >= 11 is 0. The molecule has 142 valence electrons. The monoisotopic (exact) mass is 366 g/mol. The number of ether oxygens (including phenoxy) is 1. The van der Waals surface area contributed by atoms with Gasteiger partial charge >= 0.3 is 0 Å². The number of hydrogen-bond donors (Lipinski definition) is 2. The topological polar surface area (TPSA) is 61.8 Å². The Labute approximate surface area is 160 Å². The minimum Gasteiger partial charge on any atom is -0.377 e. The molecule has 1 amide bonds. The summed E-state index contributed by atoms with van der Waals surface area (Å²) in [5.74, 6) is 0.273. The van der Waals surface area contributed by atoms with E-state index in [-0.39, 0.29) is 11.9 Å². The molecule has 2 N–H and O–H groups in total. The van der Waals surface area contributed by atoms with E-state index in [1.54, 1.807) is 11.0 Å². The Balaban J connectivity index is 1.30. The summed E-state index contributed by atoms with van der Waals surface area (Å²) in [6.07, 6.45) is 1.08. The number of aliphatic hydroxyl groups excluding tert-OH is 1. The van der Waals surface area contributed by atoms with Crippen molar-refractivity contribution in [2.24, 2.45) is 5.92 Å². The standard InChI is InChI=1S/C22H26N2O3/c25-21-18-10-4-5-11-19(18)22(26)24(21)20-14-23-13-17(20)9-6-12-27-15-16-7-2-1-3-8-16/h1-5,7-8,10-11,17,20-21,23,25H,6,9,12-15H2/t17-,20-,21?/m1/s1. The van der Waals surface area contributed by atoms with E-state index < -0.39 is 6.23 Å². The van der Waals surface area contributed by atoms with Crippen LogP contribution in [0.4, 0.5) is 0 Å². The number of nitrogens with zero attached hydrogens (tertiary/aromatic N) is 1. The molecule has 1 fully saturated rings. The van der Waals surface area contributed by atoms with Crippen LogP contribution in [0.5, 0.6) is 0 Å². The first-order valence-corrected chi connectivity index (χ1v) is 9.68. The van der Waals surface area contributed by atoms with Crippen LogP contribution >= 0.6 is 0 Å². The maximum absolute atomic E-state index is 12.8. The highest BCUT2D eigenvalue weighted by Gasteiger charge is 2.43. The lowest BCUT2D eigenvalue weighted by Gasteiger charge is -2.31. The smallest absolute Gasteiger partial charge is 0.256 e. The third-order valence-electron chi connectivity index (χ3n) is 5.60. The Bertz CT molecular complexity index is 780. The van der Waals surface area contributed by atoms with E-state index in [2.05, 4.69) is 17.4 Å². The Morgan fingerprint density at radius 1 is 1.07 bits per heavy atom. The third-order valence-corrected chi connectivity index (χ3v) is 5.60. The zero-order chi connectivity index (χ0) is 18.6. The van der Waals surface area contributed by atoms with Gasteiger partial charge in [-0.2, -0.15) is 0 Å². The first-order chi connectivity index (χ1) is 13.3. The fourth-order valence-corrected chi connectivity index (χ4v) is 4.20. The van der Waals surface area contributed by atoms with Gasteiger partial charge in [0, 0.05) is 30.8 Å². The zero-order valence-corrected chi connectivity index (χ0v) is 15.4. The second kappa shape index (κ2) is 8.21. The molecule has 0 aliphatic carbocycles. The lowest BCUT2D eigenvalue weighted by atomic mass is 9.96. The summed E-state index contributed by atoms with van der Waals surface area (Å²) in [6.45, 7) is 2.93. The highest BCUT2D eigenvalue weighted by Crippen LogP contribution is 2.36.